The highest BCUT2D eigenvalue weighted by Gasteiger charge is 2.34. The van der Waals surface area contributed by atoms with Crippen molar-refractivity contribution >= 4 is 18.1 Å². The molecule has 0 heterocycles. The van der Waals surface area contributed by atoms with Gasteiger partial charge in [0.2, 0.25) is 0 Å². The largest absolute Gasteiger partial charge is 0.457 e. The van der Waals surface area contributed by atoms with Crippen molar-refractivity contribution in [2.75, 3.05) is 5.73 Å². The van der Waals surface area contributed by atoms with Crippen LogP contribution in [0.15, 0.2) is 48.5 Å². The van der Waals surface area contributed by atoms with E-state index in [1.54, 1.807) is 12.1 Å². The van der Waals surface area contributed by atoms with Crippen LogP contribution >= 0.6 is 12.4 Å². The van der Waals surface area contributed by atoms with Gasteiger partial charge in [0, 0.05) is 5.69 Å². The predicted octanol–water partition coefficient (Wildman–Crippen LogP) is 4.50. The summed E-state index contributed by atoms with van der Waals surface area (Å²) >= 11 is 0. The number of hydrogen-bond donors (Lipinski definition) is 1. The van der Waals surface area contributed by atoms with Crippen molar-refractivity contribution in [2.24, 2.45) is 0 Å². The fourth-order valence-corrected chi connectivity index (χ4v) is 1.45. The summed E-state index contributed by atoms with van der Waals surface area (Å²) in [6.45, 7) is 0. The average molecular weight is 290 g/mol. The van der Waals surface area contributed by atoms with E-state index in [9.17, 15) is 13.2 Å². The number of nitrogen functional groups attached to an aromatic ring is 1. The molecular formula is C13H11ClF3NO. The highest BCUT2D eigenvalue weighted by Crippen LogP contribution is 2.37. The minimum atomic E-state index is -4.44. The van der Waals surface area contributed by atoms with Crippen LogP contribution in [-0.2, 0) is 6.18 Å². The Labute approximate surface area is 114 Å². The van der Waals surface area contributed by atoms with Crippen molar-refractivity contribution < 1.29 is 17.9 Å². The number of nitrogens with two attached hydrogens (primary N) is 1. The van der Waals surface area contributed by atoms with Gasteiger partial charge in [0.15, 0.2) is 0 Å². The molecule has 2 aromatic rings. The lowest BCUT2D eigenvalue weighted by molar-refractivity contribution is -0.138. The van der Waals surface area contributed by atoms with Gasteiger partial charge in [-0.25, -0.2) is 0 Å². The van der Waals surface area contributed by atoms with Gasteiger partial charge in [0.05, 0.1) is 5.56 Å². The van der Waals surface area contributed by atoms with Crippen LogP contribution in [0.4, 0.5) is 18.9 Å². The first-order valence-corrected chi connectivity index (χ1v) is 5.16. The first-order valence-electron chi connectivity index (χ1n) is 5.16. The number of alkyl halides is 3. The monoisotopic (exact) mass is 289 g/mol. The highest BCUT2D eigenvalue weighted by atomic mass is 35.5. The van der Waals surface area contributed by atoms with Crippen molar-refractivity contribution in [2.45, 2.75) is 6.18 Å². The third-order valence-electron chi connectivity index (χ3n) is 2.30. The van der Waals surface area contributed by atoms with E-state index in [0.29, 0.717) is 11.4 Å². The number of rotatable bonds is 2. The van der Waals surface area contributed by atoms with Crippen LogP contribution in [-0.4, -0.2) is 0 Å². The zero-order valence-corrected chi connectivity index (χ0v) is 10.5. The zero-order chi connectivity index (χ0) is 13.2. The maximum atomic E-state index is 12.7. The quantitative estimate of drug-likeness (QED) is 0.826. The van der Waals surface area contributed by atoms with Gasteiger partial charge in [0.25, 0.3) is 0 Å². The topological polar surface area (TPSA) is 35.2 Å². The van der Waals surface area contributed by atoms with Gasteiger partial charge in [0.1, 0.15) is 11.5 Å². The molecule has 0 unspecified atom stereocenters. The summed E-state index contributed by atoms with van der Waals surface area (Å²) in [5.41, 5.74) is 5.20. The summed E-state index contributed by atoms with van der Waals surface area (Å²) in [6, 6.07) is 11.2. The summed E-state index contributed by atoms with van der Waals surface area (Å²) < 4.78 is 43.4. The van der Waals surface area contributed by atoms with Crippen molar-refractivity contribution in [3.8, 4) is 11.5 Å². The molecule has 0 amide bonds. The molecule has 2 nitrogen and oxygen atoms in total. The standard InChI is InChI=1S/C13H10F3NO.ClH/c14-13(15,16)11-3-1-2-4-12(11)18-10-7-5-9(17)6-8-10;/h1-8H,17H2;1H. The molecule has 0 aliphatic rings. The fourth-order valence-electron chi connectivity index (χ4n) is 1.45. The second kappa shape index (κ2) is 5.84. The van der Waals surface area contributed by atoms with E-state index >= 15 is 0 Å². The summed E-state index contributed by atoms with van der Waals surface area (Å²) in [4.78, 5) is 0. The van der Waals surface area contributed by atoms with Gasteiger partial charge in [-0.1, -0.05) is 12.1 Å². The molecule has 0 bridgehead atoms. The van der Waals surface area contributed by atoms with Gasteiger partial charge >= 0.3 is 6.18 Å². The predicted molar refractivity (Wildman–Crippen MR) is 69.6 cm³/mol. The molecule has 0 spiro atoms. The number of para-hydroxylation sites is 1. The van der Waals surface area contributed by atoms with E-state index in [1.165, 1.54) is 30.3 Å². The molecule has 0 saturated heterocycles. The van der Waals surface area contributed by atoms with Gasteiger partial charge in [-0.2, -0.15) is 13.2 Å². The smallest absolute Gasteiger partial charge is 0.419 e. The molecule has 2 aromatic carbocycles. The van der Waals surface area contributed by atoms with E-state index in [1.807, 2.05) is 0 Å². The third kappa shape index (κ3) is 3.79. The number of benzene rings is 2. The lowest BCUT2D eigenvalue weighted by Gasteiger charge is -2.13. The Bertz CT molecular complexity index is 540. The van der Waals surface area contributed by atoms with E-state index in [-0.39, 0.29) is 18.2 Å². The van der Waals surface area contributed by atoms with Crippen LogP contribution in [0.2, 0.25) is 0 Å². The molecule has 0 aromatic heterocycles. The van der Waals surface area contributed by atoms with E-state index in [2.05, 4.69) is 0 Å². The first-order chi connectivity index (χ1) is 8.47. The fraction of sp³-hybridized carbons (Fsp3) is 0.0769. The zero-order valence-electron chi connectivity index (χ0n) is 9.65. The van der Waals surface area contributed by atoms with Crippen LogP contribution in [0.3, 0.4) is 0 Å². The Morgan fingerprint density at radius 3 is 2.05 bits per heavy atom. The highest BCUT2D eigenvalue weighted by molar-refractivity contribution is 5.85. The van der Waals surface area contributed by atoms with E-state index in [0.717, 1.165) is 6.07 Å². The number of hydrogen-bond acceptors (Lipinski definition) is 2. The summed E-state index contributed by atoms with van der Waals surface area (Å²) in [6.07, 6.45) is -4.44. The summed E-state index contributed by atoms with van der Waals surface area (Å²) in [5, 5.41) is 0. The van der Waals surface area contributed by atoms with Gasteiger partial charge in [-0.15, -0.1) is 12.4 Å². The van der Waals surface area contributed by atoms with Crippen molar-refractivity contribution in [1.29, 1.82) is 0 Å². The molecule has 0 atom stereocenters. The molecule has 0 radical (unpaired) electrons. The summed E-state index contributed by atoms with van der Waals surface area (Å²) in [5.74, 6) is 0.0793. The van der Waals surface area contributed by atoms with Crippen molar-refractivity contribution in [3.63, 3.8) is 0 Å². The van der Waals surface area contributed by atoms with Crippen LogP contribution in [0.25, 0.3) is 0 Å². The number of ether oxygens (including phenoxy) is 1. The van der Waals surface area contributed by atoms with Gasteiger partial charge < -0.3 is 10.5 Å². The lowest BCUT2D eigenvalue weighted by Crippen LogP contribution is -2.06. The maximum Gasteiger partial charge on any atom is 0.419 e. The van der Waals surface area contributed by atoms with E-state index in [4.69, 9.17) is 10.5 Å². The minimum absolute atomic E-state index is 0. The van der Waals surface area contributed by atoms with Crippen LogP contribution in [0.1, 0.15) is 5.56 Å². The second-order valence-electron chi connectivity index (χ2n) is 3.67. The van der Waals surface area contributed by atoms with Crippen molar-refractivity contribution in [1.82, 2.24) is 0 Å². The molecule has 2 N–H and O–H groups in total. The Hall–Kier alpha value is -1.88. The number of anilines is 1. The Balaban J connectivity index is 0.00000180. The normalized spacial score (nSPS) is 10.7. The second-order valence-corrected chi connectivity index (χ2v) is 3.67. The van der Waals surface area contributed by atoms with Crippen molar-refractivity contribution in [3.05, 3.63) is 54.1 Å². The SMILES string of the molecule is Cl.Nc1ccc(Oc2ccccc2C(F)(F)F)cc1. The van der Waals surface area contributed by atoms with Gasteiger partial charge in [-0.3, -0.25) is 0 Å². The summed E-state index contributed by atoms with van der Waals surface area (Å²) in [7, 11) is 0. The van der Waals surface area contributed by atoms with Gasteiger partial charge in [-0.05, 0) is 36.4 Å². The Morgan fingerprint density at radius 1 is 0.895 bits per heavy atom. The molecule has 6 heteroatoms. The molecule has 19 heavy (non-hydrogen) atoms. The Kier molecular flexibility index (Phi) is 4.67. The molecule has 2 rings (SSSR count). The Morgan fingerprint density at radius 2 is 1.47 bits per heavy atom. The third-order valence-corrected chi connectivity index (χ3v) is 2.30. The van der Waals surface area contributed by atoms with Crippen LogP contribution in [0, 0.1) is 0 Å². The first kappa shape index (κ1) is 15.2. The minimum Gasteiger partial charge on any atom is -0.457 e. The average Bonchev–Trinajstić information content (AvgIpc) is 2.31. The van der Waals surface area contributed by atoms with E-state index < -0.39 is 11.7 Å². The lowest BCUT2D eigenvalue weighted by atomic mass is 10.2. The maximum absolute atomic E-state index is 12.7. The molecule has 0 saturated carbocycles. The van der Waals surface area contributed by atoms with Crippen LogP contribution in [0.5, 0.6) is 11.5 Å². The molecule has 0 fully saturated rings. The van der Waals surface area contributed by atoms with Crippen LogP contribution < -0.4 is 10.5 Å². The molecule has 102 valence electrons. The number of halogens is 4. The molecule has 0 aliphatic heterocycles. The molecular weight excluding hydrogens is 279 g/mol. The molecule has 0 aliphatic carbocycles.